The van der Waals surface area contributed by atoms with E-state index in [1.807, 2.05) is 11.0 Å². The molecule has 1 saturated heterocycles. The summed E-state index contributed by atoms with van der Waals surface area (Å²) in [6.07, 6.45) is 0.682. The highest BCUT2D eigenvalue weighted by atomic mass is 16.5. The van der Waals surface area contributed by atoms with E-state index >= 15 is 0 Å². The van der Waals surface area contributed by atoms with Crippen molar-refractivity contribution in [3.63, 3.8) is 0 Å². The van der Waals surface area contributed by atoms with Crippen LogP contribution in [0.1, 0.15) is 37.4 Å². The molecule has 1 amide bonds. The van der Waals surface area contributed by atoms with Crippen LogP contribution in [0.4, 0.5) is 10.5 Å². The second-order valence-electron chi connectivity index (χ2n) is 7.22. The van der Waals surface area contributed by atoms with Gasteiger partial charge in [0.1, 0.15) is 6.17 Å². The predicted octanol–water partition coefficient (Wildman–Crippen LogP) is 4.32. The summed E-state index contributed by atoms with van der Waals surface area (Å²) in [5.74, 6) is 0. The number of para-hydroxylation sites is 1. The average molecular weight is 336 g/mol. The molecule has 0 spiro atoms. The van der Waals surface area contributed by atoms with Crippen LogP contribution in [0.25, 0.3) is 0 Å². The van der Waals surface area contributed by atoms with Gasteiger partial charge in [-0.1, -0.05) is 55.5 Å². The van der Waals surface area contributed by atoms with Crippen LogP contribution in [0.5, 0.6) is 0 Å². The molecule has 4 rings (SSSR count). The summed E-state index contributed by atoms with van der Waals surface area (Å²) < 4.78 is 5.08. The van der Waals surface area contributed by atoms with Crippen LogP contribution in [-0.4, -0.2) is 30.8 Å². The van der Waals surface area contributed by atoms with Gasteiger partial charge in [0.15, 0.2) is 0 Å². The Balaban J connectivity index is 1.84. The van der Waals surface area contributed by atoms with Crippen molar-refractivity contribution in [2.45, 2.75) is 37.9 Å². The minimum Gasteiger partial charge on any atom is -0.453 e. The maximum atomic E-state index is 12.4. The van der Waals surface area contributed by atoms with E-state index in [2.05, 4.69) is 67.3 Å². The molecule has 2 aromatic rings. The second-order valence-corrected chi connectivity index (χ2v) is 7.22. The number of methoxy groups -OCH3 is 1. The van der Waals surface area contributed by atoms with E-state index in [-0.39, 0.29) is 23.7 Å². The second kappa shape index (κ2) is 5.80. The Morgan fingerprint density at radius 1 is 1.16 bits per heavy atom. The highest BCUT2D eigenvalue weighted by Gasteiger charge is 2.57. The van der Waals surface area contributed by atoms with Gasteiger partial charge in [-0.2, -0.15) is 0 Å². The molecular formula is C21H24N2O2. The number of benzene rings is 2. The Morgan fingerprint density at radius 2 is 1.84 bits per heavy atom. The molecule has 0 radical (unpaired) electrons. The van der Waals surface area contributed by atoms with Gasteiger partial charge in [-0.15, -0.1) is 0 Å². The molecule has 2 heterocycles. The molecule has 2 aromatic carbocycles. The Labute approximate surface area is 149 Å². The molecule has 25 heavy (non-hydrogen) atoms. The maximum Gasteiger partial charge on any atom is 0.411 e. The Morgan fingerprint density at radius 3 is 2.56 bits per heavy atom. The molecule has 4 nitrogen and oxygen atoms in total. The summed E-state index contributed by atoms with van der Waals surface area (Å²) >= 11 is 0. The standard InChI is InChI=1S/C21H24N2O2/c1-15(16-9-5-4-6-10-16)23-18-12-8-7-11-17(18)21(2)13-14-22(19(21)23)20(24)25-3/h4-12,15,19H,13-14H2,1-3H3/t15-,19?,21?/m0/s1. The summed E-state index contributed by atoms with van der Waals surface area (Å²) in [7, 11) is 1.46. The Bertz CT molecular complexity index is 791. The van der Waals surface area contributed by atoms with Crippen molar-refractivity contribution in [2.24, 2.45) is 0 Å². The number of hydrogen-bond acceptors (Lipinski definition) is 3. The van der Waals surface area contributed by atoms with Crippen LogP contribution < -0.4 is 4.90 Å². The van der Waals surface area contributed by atoms with Crippen LogP contribution in [0.15, 0.2) is 54.6 Å². The van der Waals surface area contributed by atoms with Crippen LogP contribution in [0.3, 0.4) is 0 Å². The summed E-state index contributed by atoms with van der Waals surface area (Å²) in [5.41, 5.74) is 3.72. The van der Waals surface area contributed by atoms with E-state index in [0.717, 1.165) is 13.0 Å². The lowest BCUT2D eigenvalue weighted by molar-refractivity contribution is 0.111. The van der Waals surface area contributed by atoms with Gasteiger partial charge in [0, 0.05) is 17.6 Å². The largest absolute Gasteiger partial charge is 0.453 e. The van der Waals surface area contributed by atoms with Gasteiger partial charge in [-0.25, -0.2) is 4.79 Å². The van der Waals surface area contributed by atoms with Crippen molar-refractivity contribution in [1.29, 1.82) is 0 Å². The number of carbonyl (C=O) groups is 1. The summed E-state index contributed by atoms with van der Waals surface area (Å²) in [6.45, 7) is 5.21. The lowest BCUT2D eigenvalue weighted by Gasteiger charge is -2.39. The van der Waals surface area contributed by atoms with Gasteiger partial charge in [-0.05, 0) is 30.5 Å². The molecule has 0 saturated carbocycles. The van der Waals surface area contributed by atoms with Crippen LogP contribution in [0, 0.1) is 0 Å². The third kappa shape index (κ3) is 2.24. The normalized spacial score (nSPS) is 25.5. The van der Waals surface area contributed by atoms with Crippen LogP contribution in [-0.2, 0) is 10.2 Å². The third-order valence-corrected chi connectivity index (χ3v) is 5.91. The maximum absolute atomic E-state index is 12.4. The molecule has 4 heteroatoms. The lowest BCUT2D eigenvalue weighted by atomic mass is 9.81. The first-order valence-electron chi connectivity index (χ1n) is 8.85. The first kappa shape index (κ1) is 16.0. The third-order valence-electron chi connectivity index (χ3n) is 5.91. The lowest BCUT2D eigenvalue weighted by Crippen LogP contribution is -2.51. The van der Waals surface area contributed by atoms with Gasteiger partial charge < -0.3 is 9.64 Å². The summed E-state index contributed by atoms with van der Waals surface area (Å²) in [6, 6.07) is 19.2. The molecule has 0 aliphatic carbocycles. The molecule has 2 aliphatic heterocycles. The van der Waals surface area contributed by atoms with Crippen molar-refractivity contribution >= 4 is 11.8 Å². The zero-order valence-electron chi connectivity index (χ0n) is 15.0. The number of hydrogen-bond donors (Lipinski definition) is 0. The monoisotopic (exact) mass is 336 g/mol. The predicted molar refractivity (Wildman–Crippen MR) is 98.6 cm³/mol. The fourth-order valence-corrected chi connectivity index (χ4v) is 4.61. The molecule has 2 unspecified atom stereocenters. The Kier molecular flexibility index (Phi) is 3.71. The van der Waals surface area contributed by atoms with E-state index in [0.29, 0.717) is 0 Å². The number of anilines is 1. The van der Waals surface area contributed by atoms with Gasteiger partial charge >= 0.3 is 6.09 Å². The van der Waals surface area contributed by atoms with Gasteiger partial charge in [-0.3, -0.25) is 4.90 Å². The zero-order valence-corrected chi connectivity index (χ0v) is 15.0. The van der Waals surface area contributed by atoms with E-state index < -0.39 is 0 Å². The first-order valence-corrected chi connectivity index (χ1v) is 8.85. The summed E-state index contributed by atoms with van der Waals surface area (Å²) in [4.78, 5) is 16.7. The molecule has 0 N–H and O–H groups in total. The quantitative estimate of drug-likeness (QED) is 0.818. The van der Waals surface area contributed by atoms with E-state index in [1.165, 1.54) is 23.9 Å². The topological polar surface area (TPSA) is 32.8 Å². The number of fused-ring (bicyclic) bond motifs is 3. The molecule has 3 atom stereocenters. The van der Waals surface area contributed by atoms with Gasteiger partial charge in [0.05, 0.1) is 13.2 Å². The van der Waals surface area contributed by atoms with Crippen LogP contribution in [0.2, 0.25) is 0 Å². The fourth-order valence-electron chi connectivity index (χ4n) is 4.61. The SMILES string of the molecule is COC(=O)N1CCC2(C)c3ccccc3N([C@@H](C)c3ccccc3)C12. The minimum atomic E-state index is -0.244. The number of carbonyl (C=O) groups excluding carboxylic acids is 1. The van der Waals surface area contributed by atoms with Crippen molar-refractivity contribution in [2.75, 3.05) is 18.6 Å². The fraction of sp³-hybridized carbons (Fsp3) is 0.381. The molecule has 0 bridgehead atoms. The molecule has 2 aliphatic rings. The van der Waals surface area contributed by atoms with Crippen molar-refractivity contribution in [3.05, 3.63) is 65.7 Å². The first-order chi connectivity index (χ1) is 12.1. The van der Waals surface area contributed by atoms with Crippen LogP contribution >= 0.6 is 0 Å². The van der Waals surface area contributed by atoms with Gasteiger partial charge in [0.2, 0.25) is 0 Å². The smallest absolute Gasteiger partial charge is 0.411 e. The van der Waals surface area contributed by atoms with Crippen molar-refractivity contribution < 1.29 is 9.53 Å². The molecular weight excluding hydrogens is 312 g/mol. The molecule has 130 valence electrons. The highest BCUT2D eigenvalue weighted by molar-refractivity contribution is 5.74. The average Bonchev–Trinajstić information content (AvgIpc) is 3.12. The number of amides is 1. The van der Waals surface area contributed by atoms with Crippen molar-refractivity contribution in [1.82, 2.24) is 4.90 Å². The van der Waals surface area contributed by atoms with E-state index in [1.54, 1.807) is 0 Å². The number of rotatable bonds is 2. The number of nitrogens with zero attached hydrogens (tertiary/aromatic N) is 2. The number of likely N-dealkylation sites (tertiary alicyclic amines) is 1. The molecule has 1 fully saturated rings. The van der Waals surface area contributed by atoms with E-state index in [4.69, 9.17) is 4.74 Å². The Hall–Kier alpha value is -2.49. The minimum absolute atomic E-state index is 0.0208. The molecule has 0 aromatic heterocycles. The number of ether oxygens (including phenoxy) is 1. The van der Waals surface area contributed by atoms with Crippen molar-refractivity contribution in [3.8, 4) is 0 Å². The highest BCUT2D eigenvalue weighted by Crippen LogP contribution is 2.54. The van der Waals surface area contributed by atoms with Gasteiger partial charge in [0.25, 0.3) is 0 Å². The summed E-state index contributed by atoms with van der Waals surface area (Å²) in [5, 5.41) is 0. The van der Waals surface area contributed by atoms with E-state index in [9.17, 15) is 4.79 Å². The zero-order chi connectivity index (χ0) is 17.6.